The molecule has 0 amide bonds. The maximum absolute atomic E-state index is 11.0. The number of hydrogen-bond donors (Lipinski definition) is 0. The van der Waals surface area contributed by atoms with Crippen molar-refractivity contribution in [2.45, 2.75) is 12.3 Å². The summed E-state index contributed by atoms with van der Waals surface area (Å²) in [7, 11) is 0. The van der Waals surface area contributed by atoms with Crippen LogP contribution in [0.2, 0.25) is 0 Å². The highest BCUT2D eigenvalue weighted by molar-refractivity contribution is 9.08. The highest BCUT2D eigenvalue weighted by Crippen LogP contribution is 2.31. The lowest BCUT2D eigenvalue weighted by molar-refractivity contribution is -0.385. The largest absolute Gasteiger partial charge is 0.432 e. The number of benzene rings is 1. The third kappa shape index (κ3) is 3.29. The van der Waals surface area contributed by atoms with Gasteiger partial charge in [-0.3, -0.25) is 10.1 Å². The number of ether oxygens (including phenoxy) is 1. The van der Waals surface area contributed by atoms with Crippen LogP contribution in [-0.4, -0.2) is 9.91 Å². The van der Waals surface area contributed by atoms with E-state index in [0.717, 1.165) is 11.1 Å². The summed E-state index contributed by atoms with van der Waals surface area (Å²) in [6.07, 6.45) is 1.66. The minimum Gasteiger partial charge on any atom is -0.432 e. The van der Waals surface area contributed by atoms with Crippen molar-refractivity contribution in [1.82, 2.24) is 4.98 Å². The van der Waals surface area contributed by atoms with Crippen LogP contribution in [0.25, 0.3) is 0 Å². The fourth-order valence-electron chi connectivity index (χ4n) is 1.52. The summed E-state index contributed by atoms with van der Waals surface area (Å²) in [5.41, 5.74) is 1.75. The number of hydrogen-bond acceptors (Lipinski definition) is 4. The minimum absolute atomic E-state index is 0.0635. The van der Waals surface area contributed by atoms with E-state index in [9.17, 15) is 10.1 Å². The molecule has 0 aliphatic carbocycles. The molecule has 0 atom stereocenters. The molecule has 0 aliphatic rings. The van der Waals surface area contributed by atoms with Crippen LogP contribution in [-0.2, 0) is 5.33 Å². The number of nitrogens with zero attached hydrogens (tertiary/aromatic N) is 2. The van der Waals surface area contributed by atoms with Gasteiger partial charge in [-0.2, -0.15) is 0 Å². The van der Waals surface area contributed by atoms with Crippen molar-refractivity contribution in [3.8, 4) is 11.6 Å². The molecular formula is C13H11BrN2O3. The van der Waals surface area contributed by atoms with E-state index in [4.69, 9.17) is 4.74 Å². The second kappa shape index (κ2) is 5.79. The molecule has 5 nitrogen and oxygen atoms in total. The second-order valence-corrected chi connectivity index (χ2v) is 4.53. The molecule has 0 saturated heterocycles. The summed E-state index contributed by atoms with van der Waals surface area (Å²) in [6.45, 7) is 1.79. The predicted octanol–water partition coefficient (Wildman–Crippen LogP) is 3.99. The first-order valence-corrected chi connectivity index (χ1v) is 6.66. The van der Waals surface area contributed by atoms with E-state index in [1.54, 1.807) is 31.3 Å². The van der Waals surface area contributed by atoms with Crippen LogP contribution in [0.4, 0.5) is 5.69 Å². The van der Waals surface area contributed by atoms with Crippen LogP contribution in [0.3, 0.4) is 0 Å². The van der Waals surface area contributed by atoms with Crippen LogP contribution in [0.5, 0.6) is 11.6 Å². The molecule has 1 aromatic heterocycles. The standard InChI is InChI=1S/C13H11BrN2O3/c1-9-2-4-12(11(6-9)16(17)18)19-13-5-3-10(7-14)8-15-13/h2-6,8H,7H2,1H3. The number of nitro groups is 1. The highest BCUT2D eigenvalue weighted by Gasteiger charge is 2.16. The first-order chi connectivity index (χ1) is 9.10. The van der Waals surface area contributed by atoms with Gasteiger partial charge in [0.2, 0.25) is 11.6 Å². The van der Waals surface area contributed by atoms with Gasteiger partial charge < -0.3 is 4.74 Å². The van der Waals surface area contributed by atoms with E-state index in [2.05, 4.69) is 20.9 Å². The number of aromatic nitrogens is 1. The zero-order valence-electron chi connectivity index (χ0n) is 10.2. The van der Waals surface area contributed by atoms with Crippen molar-refractivity contribution in [1.29, 1.82) is 0 Å². The van der Waals surface area contributed by atoms with Gasteiger partial charge in [0.25, 0.3) is 0 Å². The van der Waals surface area contributed by atoms with E-state index in [0.29, 0.717) is 11.2 Å². The summed E-state index contributed by atoms with van der Waals surface area (Å²) < 4.78 is 5.46. The summed E-state index contributed by atoms with van der Waals surface area (Å²) >= 11 is 3.32. The average Bonchev–Trinajstić information content (AvgIpc) is 2.41. The van der Waals surface area contributed by atoms with E-state index in [1.165, 1.54) is 6.07 Å². The fraction of sp³-hybridized carbons (Fsp3) is 0.154. The normalized spacial score (nSPS) is 10.2. The van der Waals surface area contributed by atoms with Crippen molar-refractivity contribution in [2.75, 3.05) is 0 Å². The molecule has 0 bridgehead atoms. The zero-order chi connectivity index (χ0) is 13.8. The van der Waals surface area contributed by atoms with Crippen LogP contribution in [0.15, 0.2) is 36.5 Å². The summed E-state index contributed by atoms with van der Waals surface area (Å²) in [6, 6.07) is 8.34. The number of nitro benzene ring substituents is 1. The van der Waals surface area contributed by atoms with Gasteiger partial charge >= 0.3 is 5.69 Å². The Bertz CT molecular complexity index is 599. The molecule has 19 heavy (non-hydrogen) atoms. The van der Waals surface area contributed by atoms with Gasteiger partial charge in [-0.05, 0) is 24.1 Å². The van der Waals surface area contributed by atoms with Crippen LogP contribution >= 0.6 is 15.9 Å². The monoisotopic (exact) mass is 322 g/mol. The Morgan fingerprint density at radius 2 is 2.16 bits per heavy atom. The van der Waals surface area contributed by atoms with Gasteiger partial charge in [-0.1, -0.05) is 28.1 Å². The molecular weight excluding hydrogens is 312 g/mol. The highest BCUT2D eigenvalue weighted by atomic mass is 79.9. The molecule has 6 heteroatoms. The second-order valence-electron chi connectivity index (χ2n) is 3.97. The SMILES string of the molecule is Cc1ccc(Oc2ccc(CBr)cn2)c([N+](=O)[O-])c1. The Kier molecular flexibility index (Phi) is 4.11. The van der Waals surface area contributed by atoms with Crippen molar-refractivity contribution in [2.24, 2.45) is 0 Å². The Hall–Kier alpha value is -1.95. The third-order valence-electron chi connectivity index (χ3n) is 2.48. The van der Waals surface area contributed by atoms with E-state index >= 15 is 0 Å². The minimum atomic E-state index is -0.463. The lowest BCUT2D eigenvalue weighted by Crippen LogP contribution is -1.95. The maximum Gasteiger partial charge on any atom is 0.311 e. The maximum atomic E-state index is 11.0. The van der Waals surface area contributed by atoms with Crippen molar-refractivity contribution < 1.29 is 9.66 Å². The zero-order valence-corrected chi connectivity index (χ0v) is 11.8. The molecule has 0 saturated carbocycles. The Balaban J connectivity index is 2.29. The molecule has 1 aromatic carbocycles. The summed E-state index contributed by atoms with van der Waals surface area (Å²) in [5, 5.41) is 11.7. The average molecular weight is 323 g/mol. The Morgan fingerprint density at radius 3 is 2.74 bits per heavy atom. The first kappa shape index (κ1) is 13.5. The quantitative estimate of drug-likeness (QED) is 0.485. The van der Waals surface area contributed by atoms with Crippen molar-refractivity contribution in [3.05, 3.63) is 57.8 Å². The van der Waals surface area contributed by atoms with E-state index < -0.39 is 4.92 Å². The Labute approximate surface area is 118 Å². The predicted molar refractivity (Wildman–Crippen MR) is 74.8 cm³/mol. The Morgan fingerprint density at radius 1 is 1.37 bits per heavy atom. The van der Waals surface area contributed by atoms with Crippen molar-refractivity contribution in [3.63, 3.8) is 0 Å². The molecule has 0 aliphatic heterocycles. The van der Waals surface area contributed by atoms with Gasteiger partial charge in [0, 0.05) is 23.7 Å². The van der Waals surface area contributed by atoms with E-state index in [1.807, 2.05) is 6.07 Å². The molecule has 2 aromatic rings. The van der Waals surface area contributed by atoms with Crippen LogP contribution in [0, 0.1) is 17.0 Å². The number of halogens is 1. The summed E-state index contributed by atoms with van der Waals surface area (Å²) in [4.78, 5) is 14.6. The van der Waals surface area contributed by atoms with Gasteiger partial charge in [0.15, 0.2) is 0 Å². The number of pyridine rings is 1. The van der Waals surface area contributed by atoms with Gasteiger partial charge in [-0.25, -0.2) is 4.98 Å². The molecule has 0 fully saturated rings. The molecule has 0 N–H and O–H groups in total. The van der Waals surface area contributed by atoms with Gasteiger partial charge in [0.1, 0.15) is 0 Å². The molecule has 0 radical (unpaired) electrons. The number of rotatable bonds is 4. The fourth-order valence-corrected chi connectivity index (χ4v) is 1.85. The lowest BCUT2D eigenvalue weighted by atomic mass is 10.2. The molecule has 1 heterocycles. The van der Waals surface area contributed by atoms with Crippen LogP contribution < -0.4 is 4.74 Å². The molecule has 98 valence electrons. The third-order valence-corrected chi connectivity index (χ3v) is 3.13. The van der Waals surface area contributed by atoms with Gasteiger partial charge in [0.05, 0.1) is 4.92 Å². The smallest absolute Gasteiger partial charge is 0.311 e. The topological polar surface area (TPSA) is 65.3 Å². The molecule has 0 spiro atoms. The number of aryl methyl sites for hydroxylation is 1. The lowest BCUT2D eigenvalue weighted by Gasteiger charge is -2.06. The molecule has 0 unspecified atom stereocenters. The van der Waals surface area contributed by atoms with Crippen LogP contribution in [0.1, 0.15) is 11.1 Å². The first-order valence-electron chi connectivity index (χ1n) is 5.54. The number of alkyl halides is 1. The molecule has 2 rings (SSSR count). The van der Waals surface area contributed by atoms with E-state index in [-0.39, 0.29) is 11.4 Å². The summed E-state index contributed by atoms with van der Waals surface area (Å²) in [5.74, 6) is 0.520. The van der Waals surface area contributed by atoms with Crippen molar-refractivity contribution >= 4 is 21.6 Å². The van der Waals surface area contributed by atoms with Gasteiger partial charge in [-0.15, -0.1) is 0 Å².